The minimum absolute atomic E-state index is 0.521. The molecule has 0 atom stereocenters. The number of likely N-dealkylation sites (tertiary alicyclic amines) is 1. The third kappa shape index (κ3) is 3.56. The van der Waals surface area contributed by atoms with Gasteiger partial charge in [-0.15, -0.1) is 0 Å². The molecule has 0 N–H and O–H groups in total. The van der Waals surface area contributed by atoms with Crippen LogP contribution >= 0.6 is 11.6 Å². The number of halogens is 1. The largest absolute Gasteiger partial charge is 0.359 e. The zero-order valence-corrected chi connectivity index (χ0v) is 12.1. The van der Waals surface area contributed by atoms with Gasteiger partial charge >= 0.3 is 0 Å². The number of rotatable bonds is 3. The fourth-order valence-electron chi connectivity index (χ4n) is 2.44. The van der Waals surface area contributed by atoms with Crippen LogP contribution in [0.15, 0.2) is 6.07 Å². The quantitative estimate of drug-likeness (QED) is 0.787. The van der Waals surface area contributed by atoms with Crippen LogP contribution in [0.2, 0.25) is 5.15 Å². The Morgan fingerprint density at radius 1 is 1.39 bits per heavy atom. The van der Waals surface area contributed by atoms with Gasteiger partial charge in [-0.3, -0.25) is 0 Å². The van der Waals surface area contributed by atoms with E-state index in [1.807, 2.05) is 13.0 Å². The molecular weight excluding hydrogens is 248 g/mol. The molecule has 2 rings (SSSR count). The third-order valence-corrected chi connectivity index (χ3v) is 3.75. The predicted octanol–water partition coefficient (Wildman–Crippen LogP) is 2.22. The van der Waals surface area contributed by atoms with E-state index in [-0.39, 0.29) is 0 Å². The van der Waals surface area contributed by atoms with Gasteiger partial charge in [-0.25, -0.2) is 9.97 Å². The van der Waals surface area contributed by atoms with Gasteiger partial charge in [0, 0.05) is 19.7 Å². The summed E-state index contributed by atoms with van der Waals surface area (Å²) in [7, 11) is 4.27. The van der Waals surface area contributed by atoms with Crippen LogP contribution in [0.1, 0.15) is 18.7 Å². The predicted molar refractivity (Wildman–Crippen MR) is 75.3 cm³/mol. The highest BCUT2D eigenvalue weighted by Crippen LogP contribution is 2.20. The smallest absolute Gasteiger partial charge is 0.134 e. The normalized spacial score (nSPS) is 18.0. The first kappa shape index (κ1) is 13.6. The van der Waals surface area contributed by atoms with Crippen LogP contribution < -0.4 is 4.90 Å². The summed E-state index contributed by atoms with van der Waals surface area (Å²) >= 11 is 5.97. The van der Waals surface area contributed by atoms with Crippen LogP contribution in [-0.2, 0) is 0 Å². The highest BCUT2D eigenvalue weighted by molar-refractivity contribution is 6.29. The summed E-state index contributed by atoms with van der Waals surface area (Å²) in [6.07, 6.45) is 2.53. The molecule has 1 aromatic heterocycles. The highest BCUT2D eigenvalue weighted by atomic mass is 35.5. The summed E-state index contributed by atoms with van der Waals surface area (Å²) < 4.78 is 0. The van der Waals surface area contributed by atoms with Gasteiger partial charge in [0.25, 0.3) is 0 Å². The molecule has 0 amide bonds. The zero-order chi connectivity index (χ0) is 13.1. The molecule has 4 nitrogen and oxygen atoms in total. The van der Waals surface area contributed by atoms with E-state index in [1.54, 1.807) is 0 Å². The molecule has 0 bridgehead atoms. The van der Waals surface area contributed by atoms with Crippen molar-refractivity contribution in [3.05, 3.63) is 17.0 Å². The molecule has 0 unspecified atom stereocenters. The molecule has 0 aliphatic carbocycles. The van der Waals surface area contributed by atoms with Crippen LogP contribution in [0.4, 0.5) is 5.82 Å². The maximum atomic E-state index is 5.97. The first-order valence-electron chi connectivity index (χ1n) is 6.45. The third-order valence-electron chi connectivity index (χ3n) is 3.55. The average Bonchev–Trinajstić information content (AvgIpc) is 2.31. The minimum Gasteiger partial charge on any atom is -0.359 e. The fourth-order valence-corrected chi connectivity index (χ4v) is 2.66. The van der Waals surface area contributed by atoms with Gasteiger partial charge in [0.2, 0.25) is 0 Å². The van der Waals surface area contributed by atoms with Gasteiger partial charge in [-0.2, -0.15) is 0 Å². The van der Waals surface area contributed by atoms with E-state index in [1.165, 1.54) is 25.9 Å². The van der Waals surface area contributed by atoms with E-state index >= 15 is 0 Å². The number of hydrogen-bond donors (Lipinski definition) is 0. The van der Waals surface area contributed by atoms with Crippen molar-refractivity contribution in [2.45, 2.75) is 19.8 Å². The lowest BCUT2D eigenvalue weighted by Crippen LogP contribution is -2.36. The summed E-state index contributed by atoms with van der Waals surface area (Å²) in [4.78, 5) is 13.1. The Balaban J connectivity index is 1.96. The highest BCUT2D eigenvalue weighted by Gasteiger charge is 2.19. The molecule has 1 aliphatic heterocycles. The van der Waals surface area contributed by atoms with Crippen LogP contribution in [0.25, 0.3) is 0 Å². The topological polar surface area (TPSA) is 32.3 Å². The molecule has 0 radical (unpaired) electrons. The Hall–Kier alpha value is -0.870. The van der Waals surface area contributed by atoms with Gasteiger partial charge < -0.3 is 9.80 Å². The first-order chi connectivity index (χ1) is 8.54. The Labute approximate surface area is 114 Å². The summed E-state index contributed by atoms with van der Waals surface area (Å²) in [5.74, 6) is 2.40. The second kappa shape index (κ2) is 5.85. The maximum Gasteiger partial charge on any atom is 0.134 e. The molecule has 18 heavy (non-hydrogen) atoms. The molecule has 0 saturated carbocycles. The van der Waals surface area contributed by atoms with Crippen molar-refractivity contribution in [3.8, 4) is 0 Å². The number of anilines is 1. The van der Waals surface area contributed by atoms with E-state index in [0.29, 0.717) is 5.15 Å². The minimum atomic E-state index is 0.521. The monoisotopic (exact) mass is 268 g/mol. The zero-order valence-electron chi connectivity index (χ0n) is 11.4. The Morgan fingerprint density at radius 2 is 2.06 bits per heavy atom. The molecule has 2 heterocycles. The molecule has 0 spiro atoms. The first-order valence-corrected chi connectivity index (χ1v) is 6.83. The molecular formula is C13H21ClN4. The van der Waals surface area contributed by atoms with Crippen molar-refractivity contribution in [3.63, 3.8) is 0 Å². The van der Waals surface area contributed by atoms with Crippen molar-refractivity contribution in [1.29, 1.82) is 0 Å². The van der Waals surface area contributed by atoms with E-state index in [4.69, 9.17) is 11.6 Å². The van der Waals surface area contributed by atoms with Gasteiger partial charge in [0.05, 0.1) is 0 Å². The number of nitrogens with zero attached hydrogens (tertiary/aromatic N) is 4. The molecule has 1 aliphatic rings. The molecule has 100 valence electrons. The van der Waals surface area contributed by atoms with E-state index < -0.39 is 0 Å². The summed E-state index contributed by atoms with van der Waals surface area (Å²) in [5.41, 5.74) is 0. The van der Waals surface area contributed by atoms with Crippen molar-refractivity contribution in [2.75, 3.05) is 38.6 Å². The SMILES string of the molecule is Cc1nc(Cl)cc(N(C)CC2CCN(C)CC2)n1. The van der Waals surface area contributed by atoms with Crippen LogP contribution in [0.5, 0.6) is 0 Å². The number of hydrogen-bond acceptors (Lipinski definition) is 4. The second-order valence-corrected chi connectivity index (χ2v) is 5.61. The van der Waals surface area contributed by atoms with E-state index in [0.717, 1.165) is 24.1 Å². The van der Waals surface area contributed by atoms with Gasteiger partial charge in [-0.1, -0.05) is 11.6 Å². The van der Waals surface area contributed by atoms with Crippen molar-refractivity contribution >= 4 is 17.4 Å². The molecule has 1 fully saturated rings. The summed E-state index contributed by atoms with van der Waals surface area (Å²) in [6.45, 7) is 5.31. The lowest BCUT2D eigenvalue weighted by Gasteiger charge is -2.32. The second-order valence-electron chi connectivity index (χ2n) is 5.22. The van der Waals surface area contributed by atoms with Crippen LogP contribution in [0.3, 0.4) is 0 Å². The molecule has 1 saturated heterocycles. The number of aromatic nitrogens is 2. The van der Waals surface area contributed by atoms with E-state index in [2.05, 4.69) is 33.9 Å². The average molecular weight is 269 g/mol. The van der Waals surface area contributed by atoms with Crippen molar-refractivity contribution in [2.24, 2.45) is 5.92 Å². The lowest BCUT2D eigenvalue weighted by atomic mass is 9.97. The summed E-state index contributed by atoms with van der Waals surface area (Å²) in [6, 6.07) is 1.84. The van der Waals surface area contributed by atoms with E-state index in [9.17, 15) is 0 Å². The standard InChI is InChI=1S/C13H21ClN4/c1-10-15-12(14)8-13(16-10)18(3)9-11-4-6-17(2)7-5-11/h8,11H,4-7,9H2,1-3H3. The Bertz CT molecular complexity index is 382. The van der Waals surface area contributed by atoms with Gasteiger partial charge in [-0.05, 0) is 45.8 Å². The van der Waals surface area contributed by atoms with Crippen molar-refractivity contribution in [1.82, 2.24) is 14.9 Å². The Morgan fingerprint density at radius 3 is 2.67 bits per heavy atom. The number of piperidine rings is 1. The molecule has 0 aromatic carbocycles. The van der Waals surface area contributed by atoms with Crippen LogP contribution in [0, 0.1) is 12.8 Å². The molecule has 1 aromatic rings. The van der Waals surface area contributed by atoms with Gasteiger partial charge in [0.1, 0.15) is 16.8 Å². The number of aryl methyl sites for hydroxylation is 1. The lowest BCUT2D eigenvalue weighted by molar-refractivity contribution is 0.222. The maximum absolute atomic E-state index is 5.97. The van der Waals surface area contributed by atoms with Crippen molar-refractivity contribution < 1.29 is 0 Å². The van der Waals surface area contributed by atoms with Gasteiger partial charge in [0.15, 0.2) is 0 Å². The fraction of sp³-hybridized carbons (Fsp3) is 0.692. The van der Waals surface area contributed by atoms with Crippen LogP contribution in [-0.4, -0.2) is 48.6 Å². The Kier molecular flexibility index (Phi) is 4.40. The summed E-state index contributed by atoms with van der Waals surface area (Å²) in [5, 5.41) is 0.521. The molecule has 5 heteroatoms.